The average Bonchev–Trinajstić information content (AvgIpc) is 3.51. The SMILES string of the molecule is CCCCOC(=O)c1ccc2c(c1)C(=O)N(C(OC)(C(=O)Nc1ccccc1)C(=O)c1cccc(NC(=O)C(CC)Oc3ccc(C(C)(C)CC)cc3C(C)(C)CC)c1)C2=O. The third-order valence-corrected chi connectivity index (χ3v) is 11.7. The van der Waals surface area contributed by atoms with Gasteiger partial charge >= 0.3 is 5.97 Å². The number of hydrogen-bond acceptors (Lipinski definition) is 9. The van der Waals surface area contributed by atoms with Gasteiger partial charge in [-0.3, -0.25) is 24.0 Å². The summed E-state index contributed by atoms with van der Waals surface area (Å²) in [7, 11) is 1.04. The Hall–Kier alpha value is -6.14. The van der Waals surface area contributed by atoms with Gasteiger partial charge in [0.1, 0.15) is 5.75 Å². The van der Waals surface area contributed by atoms with Crippen molar-refractivity contribution in [2.24, 2.45) is 0 Å². The van der Waals surface area contributed by atoms with Crippen molar-refractivity contribution in [3.63, 3.8) is 0 Å². The maximum Gasteiger partial charge on any atom is 0.338 e. The number of amides is 4. The highest BCUT2D eigenvalue weighted by Crippen LogP contribution is 2.40. The molecule has 2 unspecified atom stereocenters. The van der Waals surface area contributed by atoms with Crippen molar-refractivity contribution in [2.45, 2.75) is 110 Å². The fraction of sp³-hybridized carbons (Fsp3) is 0.388. The molecule has 0 spiro atoms. The molecule has 0 saturated carbocycles. The van der Waals surface area contributed by atoms with Gasteiger partial charge in [0.05, 0.1) is 23.3 Å². The van der Waals surface area contributed by atoms with E-state index in [2.05, 4.69) is 58.2 Å². The zero-order chi connectivity index (χ0) is 44.7. The fourth-order valence-electron chi connectivity index (χ4n) is 6.98. The normalized spacial score (nSPS) is 14.1. The zero-order valence-corrected chi connectivity index (χ0v) is 36.6. The zero-order valence-electron chi connectivity index (χ0n) is 36.6. The quantitative estimate of drug-likeness (QED) is 0.0309. The Morgan fingerprint density at radius 2 is 1.38 bits per heavy atom. The second-order valence-electron chi connectivity index (χ2n) is 16.5. The first kappa shape index (κ1) is 45.9. The monoisotopic (exact) mass is 831 g/mol. The van der Waals surface area contributed by atoms with Gasteiger partial charge in [-0.1, -0.05) is 104 Å². The summed E-state index contributed by atoms with van der Waals surface area (Å²) in [5, 5.41) is 5.47. The van der Waals surface area contributed by atoms with Crippen molar-refractivity contribution in [3.8, 4) is 5.75 Å². The van der Waals surface area contributed by atoms with Gasteiger partial charge < -0.3 is 24.8 Å². The van der Waals surface area contributed by atoms with E-state index >= 15 is 0 Å². The standard InChI is InChI=1S/C49H57N3O9/c1-10-14-27-60-45(57)32-23-25-36-37(29-32)44(56)52(43(36)55)49(59-9,46(58)51-34-20-16-15-17-21-34)41(53)31-19-18-22-35(28-31)50-42(54)39(11-2)61-40-26-24-33(47(5,6)12-3)30-38(40)48(7,8)13-4/h15-26,28-30,39H,10-14,27H2,1-9H3,(H,50,54)(H,51,58). The van der Waals surface area contributed by atoms with Crippen LogP contribution in [0.2, 0.25) is 0 Å². The lowest BCUT2D eigenvalue weighted by atomic mass is 9.76. The average molecular weight is 832 g/mol. The minimum Gasteiger partial charge on any atom is -0.480 e. The molecule has 4 aromatic rings. The van der Waals surface area contributed by atoms with Gasteiger partial charge in [0.25, 0.3) is 29.4 Å². The molecule has 0 aromatic heterocycles. The number of methoxy groups -OCH3 is 1. The summed E-state index contributed by atoms with van der Waals surface area (Å²) in [5.41, 5.74) is -1.07. The van der Waals surface area contributed by atoms with E-state index in [-0.39, 0.29) is 51.1 Å². The number of rotatable bonds is 19. The van der Waals surface area contributed by atoms with Gasteiger partial charge in [0.2, 0.25) is 5.78 Å². The molecule has 0 bridgehead atoms. The number of ether oxygens (including phenoxy) is 3. The molecule has 12 nitrogen and oxygen atoms in total. The number of carbonyl (C=O) groups excluding carboxylic acids is 6. The first-order chi connectivity index (χ1) is 29.0. The van der Waals surface area contributed by atoms with Crippen LogP contribution >= 0.6 is 0 Å². The summed E-state index contributed by atoms with van der Waals surface area (Å²) >= 11 is 0. The smallest absolute Gasteiger partial charge is 0.338 e. The fourth-order valence-corrected chi connectivity index (χ4v) is 6.98. The molecule has 1 aliphatic heterocycles. The topological polar surface area (TPSA) is 157 Å². The minimum atomic E-state index is -2.89. The van der Waals surface area contributed by atoms with Gasteiger partial charge in [-0.05, 0) is 90.6 Å². The van der Waals surface area contributed by atoms with E-state index in [1.165, 1.54) is 42.0 Å². The van der Waals surface area contributed by atoms with E-state index in [9.17, 15) is 28.8 Å². The predicted octanol–water partition coefficient (Wildman–Crippen LogP) is 9.28. The molecule has 61 heavy (non-hydrogen) atoms. The van der Waals surface area contributed by atoms with E-state index in [4.69, 9.17) is 14.2 Å². The van der Waals surface area contributed by atoms with Crippen LogP contribution in [0.25, 0.3) is 0 Å². The summed E-state index contributed by atoms with van der Waals surface area (Å²) < 4.78 is 17.5. The number of imide groups is 1. The van der Waals surface area contributed by atoms with E-state index in [0.29, 0.717) is 23.5 Å². The van der Waals surface area contributed by atoms with Crippen molar-refractivity contribution in [1.29, 1.82) is 0 Å². The molecular formula is C49H57N3O9. The Kier molecular flexibility index (Phi) is 14.4. The third kappa shape index (κ3) is 9.44. The van der Waals surface area contributed by atoms with Crippen LogP contribution in [0.15, 0.2) is 91.0 Å². The molecule has 0 aliphatic carbocycles. The Morgan fingerprint density at radius 3 is 2.02 bits per heavy atom. The van der Waals surface area contributed by atoms with E-state index in [1.54, 1.807) is 36.4 Å². The number of carbonyl (C=O) groups is 6. The first-order valence-corrected chi connectivity index (χ1v) is 20.9. The van der Waals surface area contributed by atoms with Crippen molar-refractivity contribution in [2.75, 3.05) is 24.4 Å². The van der Waals surface area contributed by atoms with Crippen molar-refractivity contribution >= 4 is 46.8 Å². The molecule has 0 radical (unpaired) electrons. The van der Waals surface area contributed by atoms with Crippen LogP contribution in [0.3, 0.4) is 0 Å². The van der Waals surface area contributed by atoms with Crippen LogP contribution in [0.1, 0.15) is 140 Å². The maximum atomic E-state index is 14.9. The lowest BCUT2D eigenvalue weighted by Crippen LogP contribution is -2.65. The number of anilines is 2. The van der Waals surface area contributed by atoms with E-state index in [1.807, 2.05) is 26.0 Å². The minimum absolute atomic E-state index is 0.0153. The number of nitrogens with one attached hydrogen (secondary N) is 2. The van der Waals surface area contributed by atoms with Gasteiger partial charge in [-0.15, -0.1) is 0 Å². The summed E-state index contributed by atoms with van der Waals surface area (Å²) in [5.74, 6) is -4.80. The Morgan fingerprint density at radius 1 is 0.705 bits per heavy atom. The molecular weight excluding hydrogens is 775 g/mol. The van der Waals surface area contributed by atoms with Crippen molar-refractivity contribution < 1.29 is 43.0 Å². The molecule has 4 amide bonds. The molecule has 2 N–H and O–H groups in total. The van der Waals surface area contributed by atoms with E-state index in [0.717, 1.165) is 31.9 Å². The van der Waals surface area contributed by atoms with Crippen LogP contribution in [-0.4, -0.2) is 65.8 Å². The van der Waals surface area contributed by atoms with Crippen LogP contribution in [-0.2, 0) is 29.9 Å². The lowest BCUT2D eigenvalue weighted by Gasteiger charge is -2.36. The van der Waals surface area contributed by atoms with Gasteiger partial charge in [0, 0.05) is 29.6 Å². The van der Waals surface area contributed by atoms with Crippen molar-refractivity contribution in [3.05, 3.63) is 124 Å². The number of Topliss-reactive ketones (excluding diaryl/α,β-unsaturated/α-hetero) is 1. The van der Waals surface area contributed by atoms with Crippen LogP contribution in [0, 0.1) is 0 Å². The number of para-hydroxylation sites is 1. The van der Waals surface area contributed by atoms with E-state index < -0.39 is 47.2 Å². The number of hydrogen-bond donors (Lipinski definition) is 2. The molecule has 0 fully saturated rings. The van der Waals surface area contributed by atoms with Gasteiger partial charge in [-0.2, -0.15) is 0 Å². The number of esters is 1. The number of unbranched alkanes of at least 4 members (excludes halogenated alkanes) is 1. The number of benzene rings is 4. The largest absolute Gasteiger partial charge is 0.480 e. The Labute approximate surface area is 358 Å². The highest BCUT2D eigenvalue weighted by Gasteiger charge is 2.60. The molecule has 12 heteroatoms. The number of fused-ring (bicyclic) bond motifs is 1. The Bertz CT molecular complexity index is 2300. The van der Waals surface area contributed by atoms with Crippen LogP contribution < -0.4 is 15.4 Å². The number of nitrogens with zero attached hydrogens (tertiary/aromatic N) is 1. The molecule has 322 valence electrons. The summed E-state index contributed by atoms with van der Waals surface area (Å²) in [6.07, 6.45) is 2.62. The highest BCUT2D eigenvalue weighted by atomic mass is 16.5. The molecule has 0 saturated heterocycles. The molecule has 2 atom stereocenters. The Balaban J connectivity index is 1.49. The van der Waals surface area contributed by atoms with Crippen molar-refractivity contribution in [1.82, 2.24) is 4.90 Å². The summed E-state index contributed by atoms with van der Waals surface area (Å²) in [6, 6.07) is 23.9. The second kappa shape index (κ2) is 19.1. The van der Waals surface area contributed by atoms with Crippen LogP contribution in [0.4, 0.5) is 11.4 Å². The lowest BCUT2D eigenvalue weighted by molar-refractivity contribution is -0.144. The number of ketones is 1. The maximum absolute atomic E-state index is 14.9. The summed E-state index contributed by atoms with van der Waals surface area (Å²) in [6.45, 7) is 16.9. The molecule has 1 heterocycles. The molecule has 1 aliphatic rings. The van der Waals surface area contributed by atoms with Gasteiger partial charge in [0.15, 0.2) is 6.10 Å². The molecule has 5 rings (SSSR count). The first-order valence-electron chi connectivity index (χ1n) is 20.9. The van der Waals surface area contributed by atoms with Gasteiger partial charge in [-0.25, -0.2) is 9.69 Å². The second-order valence-corrected chi connectivity index (χ2v) is 16.5. The van der Waals surface area contributed by atoms with Crippen LogP contribution in [0.5, 0.6) is 5.75 Å². The molecule has 4 aromatic carbocycles. The third-order valence-electron chi connectivity index (χ3n) is 11.7. The summed E-state index contributed by atoms with van der Waals surface area (Å²) in [4.78, 5) is 85.0. The highest BCUT2D eigenvalue weighted by molar-refractivity contribution is 6.30. The predicted molar refractivity (Wildman–Crippen MR) is 234 cm³/mol.